The van der Waals surface area contributed by atoms with Crippen LogP contribution >= 0.6 is 11.6 Å². The van der Waals surface area contributed by atoms with E-state index in [-0.39, 0.29) is 11.9 Å². The molecule has 0 amide bonds. The first kappa shape index (κ1) is 23.6. The smallest absolute Gasteiger partial charge is 0.339 e. The van der Waals surface area contributed by atoms with Gasteiger partial charge in [-0.15, -0.1) is 0 Å². The van der Waals surface area contributed by atoms with Gasteiger partial charge in [0, 0.05) is 31.5 Å². The van der Waals surface area contributed by atoms with Crippen LogP contribution in [0, 0.1) is 0 Å². The number of aromatic nitrogens is 2. The average Bonchev–Trinajstić information content (AvgIpc) is 2.76. The van der Waals surface area contributed by atoms with Gasteiger partial charge in [-0.05, 0) is 51.0 Å². The molecule has 0 bridgehead atoms. The molecule has 1 aliphatic rings. The zero-order valence-corrected chi connectivity index (χ0v) is 18.0. The van der Waals surface area contributed by atoms with E-state index < -0.39 is 0 Å². The molecule has 3 rings (SSSR count). The Kier molecular flexibility index (Phi) is 9.50. The molecule has 0 aromatic carbocycles. The van der Waals surface area contributed by atoms with Crippen molar-refractivity contribution in [2.45, 2.75) is 32.7 Å². The van der Waals surface area contributed by atoms with E-state index in [0.717, 1.165) is 31.7 Å². The maximum atomic E-state index is 11.5. The van der Waals surface area contributed by atoms with Crippen molar-refractivity contribution in [2.24, 2.45) is 5.73 Å². The summed E-state index contributed by atoms with van der Waals surface area (Å²) < 4.78 is 9.66. The molecule has 0 aliphatic carbocycles. The maximum Gasteiger partial charge on any atom is 0.339 e. The van der Waals surface area contributed by atoms with Crippen molar-refractivity contribution in [2.75, 3.05) is 31.2 Å². The molecule has 0 atom stereocenters. The SMILES string of the molecule is CCOC(=O)c1ccc(Cl)nc1.CCOC(=O)c1ccc(N2CCC(N)CC2)nc1. The van der Waals surface area contributed by atoms with Gasteiger partial charge >= 0.3 is 11.9 Å². The van der Waals surface area contributed by atoms with Crippen molar-refractivity contribution >= 4 is 29.4 Å². The summed E-state index contributed by atoms with van der Waals surface area (Å²) >= 11 is 5.53. The van der Waals surface area contributed by atoms with Crippen LogP contribution < -0.4 is 10.6 Å². The van der Waals surface area contributed by atoms with Gasteiger partial charge < -0.3 is 20.1 Å². The van der Waals surface area contributed by atoms with E-state index >= 15 is 0 Å². The fourth-order valence-corrected chi connectivity index (χ4v) is 2.86. The summed E-state index contributed by atoms with van der Waals surface area (Å²) in [6.07, 6.45) is 4.94. The highest BCUT2D eigenvalue weighted by Gasteiger charge is 2.17. The number of hydrogen-bond donors (Lipinski definition) is 1. The van der Waals surface area contributed by atoms with Crippen LogP contribution in [0.4, 0.5) is 5.82 Å². The molecule has 0 radical (unpaired) electrons. The van der Waals surface area contributed by atoms with E-state index in [0.29, 0.717) is 35.5 Å². The quantitative estimate of drug-likeness (QED) is 0.565. The second kappa shape index (κ2) is 12.1. The van der Waals surface area contributed by atoms with Gasteiger partial charge in [0.05, 0.1) is 24.3 Å². The minimum Gasteiger partial charge on any atom is -0.462 e. The fraction of sp³-hybridized carbons (Fsp3) is 0.429. The first-order valence-corrected chi connectivity index (χ1v) is 10.2. The molecule has 1 fully saturated rings. The Balaban J connectivity index is 0.000000232. The second-order valence-electron chi connectivity index (χ2n) is 6.54. The maximum absolute atomic E-state index is 11.5. The number of ether oxygens (including phenoxy) is 2. The van der Waals surface area contributed by atoms with Gasteiger partial charge in [0.15, 0.2) is 0 Å². The Labute approximate surface area is 181 Å². The highest BCUT2D eigenvalue weighted by molar-refractivity contribution is 6.29. The lowest BCUT2D eigenvalue weighted by Crippen LogP contribution is -2.40. The first-order valence-electron chi connectivity index (χ1n) is 9.87. The van der Waals surface area contributed by atoms with E-state index in [2.05, 4.69) is 14.9 Å². The standard InChI is InChI=1S/C13H19N3O2.C8H8ClNO2/c1-2-18-13(17)10-3-4-12(15-9-10)16-7-5-11(14)6-8-16;1-2-12-8(11)6-3-4-7(9)10-5-6/h3-4,9,11H,2,5-8,14H2,1H3;3-5H,2H2,1H3. The highest BCUT2D eigenvalue weighted by Crippen LogP contribution is 2.17. The molecule has 0 saturated carbocycles. The molecule has 30 heavy (non-hydrogen) atoms. The molecular formula is C21H27ClN4O4. The number of anilines is 1. The third kappa shape index (κ3) is 7.27. The number of nitrogens with two attached hydrogens (primary N) is 1. The van der Waals surface area contributed by atoms with Crippen LogP contribution in [0.1, 0.15) is 47.4 Å². The lowest BCUT2D eigenvalue weighted by atomic mass is 10.1. The van der Waals surface area contributed by atoms with Crippen molar-refractivity contribution in [1.29, 1.82) is 0 Å². The molecule has 1 saturated heterocycles. The average molecular weight is 435 g/mol. The molecule has 0 spiro atoms. The zero-order chi connectivity index (χ0) is 21.9. The number of carbonyl (C=O) groups is 2. The number of carbonyl (C=O) groups excluding carboxylic acids is 2. The zero-order valence-electron chi connectivity index (χ0n) is 17.2. The second-order valence-corrected chi connectivity index (χ2v) is 6.93. The fourth-order valence-electron chi connectivity index (χ4n) is 2.75. The highest BCUT2D eigenvalue weighted by atomic mass is 35.5. The van der Waals surface area contributed by atoms with E-state index in [1.54, 1.807) is 38.2 Å². The topological polar surface area (TPSA) is 108 Å². The van der Waals surface area contributed by atoms with Gasteiger partial charge in [-0.1, -0.05) is 11.6 Å². The largest absolute Gasteiger partial charge is 0.462 e. The van der Waals surface area contributed by atoms with E-state index in [1.165, 1.54) is 6.20 Å². The molecular weight excluding hydrogens is 408 g/mol. The molecule has 9 heteroatoms. The van der Waals surface area contributed by atoms with Crippen LogP contribution in [0.25, 0.3) is 0 Å². The Morgan fingerprint density at radius 1 is 1.00 bits per heavy atom. The number of rotatable bonds is 5. The number of esters is 2. The number of piperidine rings is 1. The van der Waals surface area contributed by atoms with Crippen molar-refractivity contribution < 1.29 is 19.1 Å². The molecule has 2 aromatic heterocycles. The summed E-state index contributed by atoms with van der Waals surface area (Å²) in [6, 6.07) is 7.05. The van der Waals surface area contributed by atoms with Gasteiger partial charge in [0.1, 0.15) is 11.0 Å². The minimum absolute atomic E-state index is 0.306. The van der Waals surface area contributed by atoms with E-state index in [9.17, 15) is 9.59 Å². The van der Waals surface area contributed by atoms with Crippen molar-refractivity contribution in [3.63, 3.8) is 0 Å². The predicted octanol–water partition coefficient (Wildman–Crippen LogP) is 3.10. The third-order valence-electron chi connectivity index (χ3n) is 4.36. The summed E-state index contributed by atoms with van der Waals surface area (Å²) in [6.45, 7) is 6.13. The lowest BCUT2D eigenvalue weighted by molar-refractivity contribution is 0.0516. The number of pyridine rings is 2. The van der Waals surface area contributed by atoms with Crippen molar-refractivity contribution in [3.05, 3.63) is 52.9 Å². The summed E-state index contributed by atoms with van der Waals surface area (Å²) in [5.74, 6) is 0.203. The van der Waals surface area contributed by atoms with E-state index in [1.807, 2.05) is 6.07 Å². The summed E-state index contributed by atoms with van der Waals surface area (Å²) in [7, 11) is 0. The Bertz CT molecular complexity index is 807. The van der Waals surface area contributed by atoms with Crippen molar-refractivity contribution in [3.8, 4) is 0 Å². The van der Waals surface area contributed by atoms with Gasteiger partial charge in [-0.2, -0.15) is 0 Å². The van der Waals surface area contributed by atoms with E-state index in [4.69, 9.17) is 26.8 Å². The molecule has 2 N–H and O–H groups in total. The number of nitrogens with zero attached hydrogens (tertiary/aromatic N) is 3. The first-order chi connectivity index (χ1) is 14.4. The van der Waals surface area contributed by atoms with Crippen molar-refractivity contribution in [1.82, 2.24) is 9.97 Å². The molecule has 3 heterocycles. The number of hydrogen-bond acceptors (Lipinski definition) is 8. The predicted molar refractivity (Wildman–Crippen MR) is 115 cm³/mol. The monoisotopic (exact) mass is 434 g/mol. The van der Waals surface area contributed by atoms with Gasteiger partial charge in [0.2, 0.25) is 0 Å². The molecule has 0 unspecified atom stereocenters. The molecule has 162 valence electrons. The molecule has 8 nitrogen and oxygen atoms in total. The van der Waals surface area contributed by atoms with Gasteiger partial charge in [0.25, 0.3) is 0 Å². The van der Waals surface area contributed by atoms with Crippen LogP contribution in [0.15, 0.2) is 36.7 Å². The van der Waals surface area contributed by atoms with Gasteiger partial charge in [-0.25, -0.2) is 19.6 Å². The summed E-state index contributed by atoms with van der Waals surface area (Å²) in [5.41, 5.74) is 6.78. The molecule has 1 aliphatic heterocycles. The van der Waals surface area contributed by atoms with Crippen LogP contribution in [-0.2, 0) is 9.47 Å². The van der Waals surface area contributed by atoms with Crippen LogP contribution in [0.5, 0.6) is 0 Å². The van der Waals surface area contributed by atoms with Crippen LogP contribution in [0.3, 0.4) is 0 Å². The number of halogens is 1. The lowest BCUT2D eigenvalue weighted by Gasteiger charge is -2.31. The minimum atomic E-state index is -0.373. The summed E-state index contributed by atoms with van der Waals surface area (Å²) in [5, 5.41) is 0.364. The summed E-state index contributed by atoms with van der Waals surface area (Å²) in [4.78, 5) is 32.8. The van der Waals surface area contributed by atoms with Crippen LogP contribution in [0.2, 0.25) is 5.15 Å². The molecule has 2 aromatic rings. The normalized spacial score (nSPS) is 13.8. The Morgan fingerprint density at radius 2 is 1.53 bits per heavy atom. The van der Waals surface area contributed by atoms with Gasteiger partial charge in [-0.3, -0.25) is 0 Å². The van der Waals surface area contributed by atoms with Crippen LogP contribution in [-0.4, -0.2) is 54.3 Å². The Morgan fingerprint density at radius 3 is 1.97 bits per heavy atom. The Hall–Kier alpha value is -2.71. The third-order valence-corrected chi connectivity index (χ3v) is 4.58.